The van der Waals surface area contributed by atoms with Gasteiger partial charge in [-0.3, -0.25) is 14.2 Å². The van der Waals surface area contributed by atoms with Crippen molar-refractivity contribution >= 4 is 5.91 Å². The molecule has 0 radical (unpaired) electrons. The smallest absolute Gasteiger partial charge is 0.272 e. The van der Waals surface area contributed by atoms with Crippen molar-refractivity contribution in [2.75, 3.05) is 13.1 Å². The Morgan fingerprint density at radius 2 is 2.07 bits per heavy atom. The van der Waals surface area contributed by atoms with Gasteiger partial charge in [0.2, 0.25) is 0 Å². The molecule has 3 heterocycles. The predicted octanol–water partition coefficient (Wildman–Crippen LogP) is 1.98. The van der Waals surface area contributed by atoms with E-state index in [1.807, 2.05) is 46.0 Å². The summed E-state index contributed by atoms with van der Waals surface area (Å²) < 4.78 is 3.78. The molecule has 1 aliphatic heterocycles. The van der Waals surface area contributed by atoms with E-state index in [1.54, 1.807) is 12.3 Å². The van der Waals surface area contributed by atoms with Crippen molar-refractivity contribution in [1.29, 1.82) is 0 Å². The Morgan fingerprint density at radius 1 is 1.19 bits per heavy atom. The second kappa shape index (κ2) is 8.18. The molecule has 1 saturated heterocycles. The molecule has 2 aromatic heterocycles. The van der Waals surface area contributed by atoms with E-state index in [1.165, 1.54) is 0 Å². The Hall–Kier alpha value is -2.93. The van der Waals surface area contributed by atoms with Gasteiger partial charge in [0.1, 0.15) is 5.69 Å². The summed E-state index contributed by atoms with van der Waals surface area (Å²) in [5.41, 5.74) is 2.68. The van der Waals surface area contributed by atoms with Gasteiger partial charge in [-0.25, -0.2) is 0 Å². The molecule has 2 N–H and O–H groups in total. The lowest BCUT2D eigenvalue weighted by atomic mass is 10.1. The molecule has 0 spiro atoms. The maximum absolute atomic E-state index is 12.5. The first-order chi connectivity index (χ1) is 13.3. The Kier molecular flexibility index (Phi) is 5.29. The molecule has 7 nitrogen and oxygen atoms in total. The summed E-state index contributed by atoms with van der Waals surface area (Å²) in [4.78, 5) is 12.5. The number of hydrogen-bond acceptors (Lipinski definition) is 4. The van der Waals surface area contributed by atoms with Crippen LogP contribution in [0.1, 0.15) is 40.5 Å². The number of nitrogens with one attached hydrogen (secondary N) is 2. The number of carbonyl (C=O) groups excluding carboxylic acids is 1. The maximum atomic E-state index is 12.5. The second-order valence-electron chi connectivity index (χ2n) is 6.84. The molecule has 1 atom stereocenters. The van der Waals surface area contributed by atoms with Crippen LogP contribution in [0.25, 0.3) is 0 Å². The fourth-order valence-electron chi connectivity index (χ4n) is 3.44. The third kappa shape index (κ3) is 4.25. The molecule has 0 saturated carbocycles. The lowest BCUT2D eigenvalue weighted by molar-refractivity contribution is 0.0944. The number of piperidine rings is 1. The Labute approximate surface area is 158 Å². The minimum absolute atomic E-state index is 0.147. The summed E-state index contributed by atoms with van der Waals surface area (Å²) in [6.45, 7) is 3.11. The van der Waals surface area contributed by atoms with Gasteiger partial charge in [0.15, 0.2) is 0 Å². The average Bonchev–Trinajstić information content (AvgIpc) is 3.40. The SMILES string of the molecule is O=C(NCc1ccccc1Cn1cccn1)c1ccn(C2CCCNC2)n1. The molecular weight excluding hydrogens is 340 g/mol. The van der Waals surface area contributed by atoms with Crippen LogP contribution in [0.4, 0.5) is 0 Å². The van der Waals surface area contributed by atoms with E-state index in [4.69, 9.17) is 0 Å². The average molecular weight is 364 g/mol. The molecule has 3 aromatic rings. The third-order valence-electron chi connectivity index (χ3n) is 4.94. The number of nitrogens with zero attached hydrogens (tertiary/aromatic N) is 4. The summed E-state index contributed by atoms with van der Waals surface area (Å²) >= 11 is 0. The number of rotatable bonds is 6. The molecule has 1 aromatic carbocycles. The highest BCUT2D eigenvalue weighted by Crippen LogP contribution is 2.16. The zero-order chi connectivity index (χ0) is 18.5. The standard InChI is InChI=1S/C20H24N6O/c27-20(19-8-12-26(24-19)18-7-3-9-21-14-18)22-13-16-5-1-2-6-17(16)15-25-11-4-10-23-25/h1-2,4-6,8,10-12,18,21H,3,7,9,13-15H2,(H,22,27). The highest BCUT2D eigenvalue weighted by atomic mass is 16.1. The molecule has 0 aliphatic carbocycles. The number of carbonyl (C=O) groups is 1. The van der Waals surface area contributed by atoms with Gasteiger partial charge in [-0.05, 0) is 42.6 Å². The van der Waals surface area contributed by atoms with Crippen LogP contribution >= 0.6 is 0 Å². The van der Waals surface area contributed by atoms with Gasteiger partial charge in [0.05, 0.1) is 12.6 Å². The van der Waals surface area contributed by atoms with Crippen molar-refractivity contribution in [3.63, 3.8) is 0 Å². The first-order valence-electron chi connectivity index (χ1n) is 9.38. The van der Waals surface area contributed by atoms with E-state index in [0.717, 1.165) is 37.1 Å². The molecule has 1 aliphatic rings. The summed E-state index contributed by atoms with van der Waals surface area (Å²) in [5, 5.41) is 15.1. The minimum Gasteiger partial charge on any atom is -0.347 e. The quantitative estimate of drug-likeness (QED) is 0.701. The second-order valence-corrected chi connectivity index (χ2v) is 6.84. The van der Waals surface area contributed by atoms with Crippen molar-refractivity contribution in [1.82, 2.24) is 30.2 Å². The predicted molar refractivity (Wildman–Crippen MR) is 102 cm³/mol. The van der Waals surface area contributed by atoms with Crippen LogP contribution < -0.4 is 10.6 Å². The highest BCUT2D eigenvalue weighted by Gasteiger charge is 2.17. The van der Waals surface area contributed by atoms with Gasteiger partial charge in [-0.15, -0.1) is 0 Å². The van der Waals surface area contributed by atoms with Crippen molar-refractivity contribution in [2.45, 2.75) is 32.0 Å². The molecule has 27 heavy (non-hydrogen) atoms. The van der Waals surface area contributed by atoms with Crippen LogP contribution in [0.15, 0.2) is 55.0 Å². The van der Waals surface area contributed by atoms with E-state index in [2.05, 4.69) is 26.9 Å². The van der Waals surface area contributed by atoms with Crippen molar-refractivity contribution < 1.29 is 4.79 Å². The monoisotopic (exact) mass is 364 g/mol. The fourth-order valence-corrected chi connectivity index (χ4v) is 3.44. The lowest BCUT2D eigenvalue weighted by Gasteiger charge is -2.22. The van der Waals surface area contributed by atoms with Crippen molar-refractivity contribution in [2.24, 2.45) is 0 Å². The van der Waals surface area contributed by atoms with Crippen LogP contribution in [-0.2, 0) is 13.1 Å². The Morgan fingerprint density at radius 3 is 2.85 bits per heavy atom. The summed E-state index contributed by atoms with van der Waals surface area (Å²) in [6, 6.07) is 12.1. The molecule has 4 rings (SSSR count). The van der Waals surface area contributed by atoms with Crippen LogP contribution in [0.5, 0.6) is 0 Å². The summed E-state index contributed by atoms with van der Waals surface area (Å²) in [5.74, 6) is -0.147. The van der Waals surface area contributed by atoms with Gasteiger partial charge in [0, 0.05) is 31.7 Å². The molecule has 1 fully saturated rings. The van der Waals surface area contributed by atoms with E-state index < -0.39 is 0 Å². The number of benzene rings is 1. The number of hydrogen-bond donors (Lipinski definition) is 2. The van der Waals surface area contributed by atoms with Crippen LogP contribution in [0, 0.1) is 0 Å². The Bertz CT molecular complexity index is 880. The molecular formula is C20H24N6O. The van der Waals surface area contributed by atoms with Crippen LogP contribution in [-0.4, -0.2) is 38.6 Å². The van der Waals surface area contributed by atoms with Gasteiger partial charge >= 0.3 is 0 Å². The molecule has 7 heteroatoms. The van der Waals surface area contributed by atoms with Crippen LogP contribution in [0.2, 0.25) is 0 Å². The molecule has 140 valence electrons. The number of aromatic nitrogens is 4. The van der Waals surface area contributed by atoms with E-state index in [-0.39, 0.29) is 5.91 Å². The highest BCUT2D eigenvalue weighted by molar-refractivity contribution is 5.92. The Balaban J connectivity index is 1.39. The van der Waals surface area contributed by atoms with E-state index in [9.17, 15) is 4.79 Å². The van der Waals surface area contributed by atoms with Gasteiger partial charge in [0.25, 0.3) is 5.91 Å². The largest absolute Gasteiger partial charge is 0.347 e. The van der Waals surface area contributed by atoms with E-state index >= 15 is 0 Å². The topological polar surface area (TPSA) is 76.8 Å². The fraction of sp³-hybridized carbons (Fsp3) is 0.350. The zero-order valence-corrected chi connectivity index (χ0v) is 15.2. The molecule has 1 amide bonds. The minimum atomic E-state index is -0.147. The summed E-state index contributed by atoms with van der Waals surface area (Å²) in [6.07, 6.45) is 7.83. The normalized spacial score (nSPS) is 17.0. The first-order valence-corrected chi connectivity index (χ1v) is 9.38. The molecule has 1 unspecified atom stereocenters. The van der Waals surface area contributed by atoms with E-state index in [0.29, 0.717) is 24.8 Å². The first kappa shape index (κ1) is 17.5. The molecule has 0 bridgehead atoms. The summed E-state index contributed by atoms with van der Waals surface area (Å²) in [7, 11) is 0. The maximum Gasteiger partial charge on any atom is 0.272 e. The number of amides is 1. The lowest BCUT2D eigenvalue weighted by Crippen LogP contribution is -2.32. The third-order valence-corrected chi connectivity index (χ3v) is 4.94. The van der Waals surface area contributed by atoms with Gasteiger partial charge < -0.3 is 10.6 Å². The van der Waals surface area contributed by atoms with Crippen molar-refractivity contribution in [3.05, 3.63) is 71.8 Å². The van der Waals surface area contributed by atoms with Crippen molar-refractivity contribution in [3.8, 4) is 0 Å². The van der Waals surface area contributed by atoms with Gasteiger partial charge in [-0.2, -0.15) is 10.2 Å². The van der Waals surface area contributed by atoms with Gasteiger partial charge in [-0.1, -0.05) is 24.3 Å². The zero-order valence-electron chi connectivity index (χ0n) is 15.2. The van der Waals surface area contributed by atoms with Crippen LogP contribution in [0.3, 0.4) is 0 Å².